The highest BCUT2D eigenvalue weighted by molar-refractivity contribution is 5.96. The molecule has 27 heavy (non-hydrogen) atoms. The third-order valence-corrected chi connectivity index (χ3v) is 4.23. The van der Waals surface area contributed by atoms with Crippen LogP contribution in [-0.4, -0.2) is 45.9 Å². The van der Waals surface area contributed by atoms with E-state index >= 15 is 0 Å². The summed E-state index contributed by atoms with van der Waals surface area (Å²) in [5.74, 6) is 0.482. The molecule has 1 N–H and O–H groups in total. The first-order chi connectivity index (χ1) is 13.0. The number of aryl methyl sites for hydroxylation is 2. The average Bonchev–Trinajstić information content (AvgIpc) is 3.08. The summed E-state index contributed by atoms with van der Waals surface area (Å²) in [6.07, 6.45) is 0. The van der Waals surface area contributed by atoms with E-state index in [1.807, 2.05) is 57.2 Å². The van der Waals surface area contributed by atoms with Crippen LogP contribution in [0.25, 0.3) is 16.8 Å². The zero-order valence-electron chi connectivity index (χ0n) is 15.9. The molecular formula is C20H23N5O2. The maximum atomic E-state index is 12.7. The molecule has 0 spiro atoms. The zero-order valence-corrected chi connectivity index (χ0v) is 15.9. The van der Waals surface area contributed by atoms with E-state index in [-0.39, 0.29) is 11.9 Å². The number of hydrogen-bond donors (Lipinski definition) is 1. The fourth-order valence-corrected chi connectivity index (χ4v) is 2.85. The Morgan fingerprint density at radius 3 is 2.52 bits per heavy atom. The van der Waals surface area contributed by atoms with Crippen molar-refractivity contribution in [3.63, 3.8) is 0 Å². The summed E-state index contributed by atoms with van der Waals surface area (Å²) in [7, 11) is 1.61. The molecule has 1 amide bonds. The van der Waals surface area contributed by atoms with Crippen molar-refractivity contribution in [2.45, 2.75) is 26.8 Å². The maximum Gasteiger partial charge on any atom is 0.251 e. The summed E-state index contributed by atoms with van der Waals surface area (Å²) in [5, 5.41) is 14.6. The van der Waals surface area contributed by atoms with E-state index in [1.165, 1.54) is 5.56 Å². The lowest BCUT2D eigenvalue weighted by atomic mass is 10.0. The highest BCUT2D eigenvalue weighted by Gasteiger charge is 2.15. The molecule has 1 atom stereocenters. The topological polar surface area (TPSA) is 81.9 Å². The summed E-state index contributed by atoms with van der Waals surface area (Å²) in [6.45, 7) is 6.21. The average molecular weight is 365 g/mol. The van der Waals surface area contributed by atoms with Gasteiger partial charge in [-0.2, -0.15) is 4.68 Å². The van der Waals surface area contributed by atoms with E-state index in [0.717, 1.165) is 16.8 Å². The van der Waals surface area contributed by atoms with Crippen LogP contribution in [0.1, 0.15) is 28.7 Å². The number of nitrogens with zero attached hydrogens (tertiary/aromatic N) is 4. The molecule has 3 aromatic rings. The molecule has 0 saturated carbocycles. The second-order valence-electron chi connectivity index (χ2n) is 6.60. The van der Waals surface area contributed by atoms with Crippen LogP contribution in [0.2, 0.25) is 0 Å². The number of amides is 1. The van der Waals surface area contributed by atoms with Gasteiger partial charge in [-0.1, -0.05) is 29.8 Å². The minimum atomic E-state index is -0.166. The lowest BCUT2D eigenvalue weighted by molar-refractivity contribution is 0.0905. The molecule has 0 saturated heterocycles. The van der Waals surface area contributed by atoms with Gasteiger partial charge in [-0.05, 0) is 60.5 Å². The van der Waals surface area contributed by atoms with Gasteiger partial charge in [0.05, 0.1) is 12.3 Å². The monoisotopic (exact) mass is 365 g/mol. The number of aromatic nitrogens is 4. The Balaban J connectivity index is 2.04. The first-order valence-corrected chi connectivity index (χ1v) is 8.75. The Kier molecular flexibility index (Phi) is 5.61. The largest absolute Gasteiger partial charge is 0.383 e. The predicted octanol–water partition coefficient (Wildman–Crippen LogP) is 2.71. The molecule has 140 valence electrons. The predicted molar refractivity (Wildman–Crippen MR) is 103 cm³/mol. The quantitative estimate of drug-likeness (QED) is 0.726. The van der Waals surface area contributed by atoms with Crippen LogP contribution in [-0.2, 0) is 4.74 Å². The minimum Gasteiger partial charge on any atom is -0.383 e. The van der Waals surface area contributed by atoms with Crippen molar-refractivity contribution >= 4 is 5.91 Å². The van der Waals surface area contributed by atoms with Gasteiger partial charge < -0.3 is 10.1 Å². The van der Waals surface area contributed by atoms with Gasteiger partial charge in [0.25, 0.3) is 5.91 Å². The van der Waals surface area contributed by atoms with Crippen molar-refractivity contribution in [2.24, 2.45) is 0 Å². The van der Waals surface area contributed by atoms with E-state index in [0.29, 0.717) is 18.0 Å². The van der Waals surface area contributed by atoms with Crippen LogP contribution < -0.4 is 5.32 Å². The van der Waals surface area contributed by atoms with E-state index < -0.39 is 0 Å². The van der Waals surface area contributed by atoms with Crippen molar-refractivity contribution in [1.82, 2.24) is 25.5 Å². The third kappa shape index (κ3) is 4.38. The zero-order chi connectivity index (χ0) is 19.4. The summed E-state index contributed by atoms with van der Waals surface area (Å²) < 4.78 is 6.72. The number of methoxy groups -OCH3 is 1. The molecule has 3 rings (SSSR count). The molecule has 0 unspecified atom stereocenters. The number of tetrazole rings is 1. The number of carbonyl (C=O) groups excluding carboxylic acids is 1. The molecule has 7 heteroatoms. The number of nitrogens with one attached hydrogen (secondary N) is 1. The van der Waals surface area contributed by atoms with Gasteiger partial charge in [-0.15, -0.1) is 5.10 Å². The highest BCUT2D eigenvalue weighted by Crippen LogP contribution is 2.25. The van der Waals surface area contributed by atoms with Crippen LogP contribution in [0.5, 0.6) is 0 Å². The number of carbonyl (C=O) groups is 1. The Morgan fingerprint density at radius 2 is 1.89 bits per heavy atom. The maximum absolute atomic E-state index is 12.7. The van der Waals surface area contributed by atoms with Gasteiger partial charge >= 0.3 is 0 Å². The molecule has 0 bridgehead atoms. The molecule has 7 nitrogen and oxygen atoms in total. The van der Waals surface area contributed by atoms with E-state index in [1.54, 1.807) is 17.9 Å². The Hall–Kier alpha value is -3.06. The molecule has 0 aliphatic rings. The first-order valence-electron chi connectivity index (χ1n) is 8.75. The Bertz CT molecular complexity index is 934. The van der Waals surface area contributed by atoms with Crippen LogP contribution in [0.3, 0.4) is 0 Å². The van der Waals surface area contributed by atoms with Crippen molar-refractivity contribution in [1.29, 1.82) is 0 Å². The van der Waals surface area contributed by atoms with Crippen LogP contribution in [0.4, 0.5) is 0 Å². The van der Waals surface area contributed by atoms with Crippen molar-refractivity contribution in [2.75, 3.05) is 13.7 Å². The molecule has 0 aliphatic carbocycles. The molecule has 1 heterocycles. The van der Waals surface area contributed by atoms with Gasteiger partial charge in [0, 0.05) is 18.7 Å². The summed E-state index contributed by atoms with van der Waals surface area (Å²) in [4.78, 5) is 12.7. The van der Waals surface area contributed by atoms with Crippen LogP contribution >= 0.6 is 0 Å². The SMILES string of the molecule is COC[C@@H](C)NC(=O)c1cc(-c2ccc(C)cc2)cc(-n2nnnc2C)c1. The summed E-state index contributed by atoms with van der Waals surface area (Å²) in [6, 6.07) is 13.7. The van der Waals surface area contributed by atoms with E-state index in [2.05, 4.69) is 20.8 Å². The van der Waals surface area contributed by atoms with E-state index in [9.17, 15) is 4.79 Å². The third-order valence-electron chi connectivity index (χ3n) is 4.23. The van der Waals surface area contributed by atoms with Gasteiger partial charge in [0.15, 0.2) is 5.82 Å². The highest BCUT2D eigenvalue weighted by atomic mass is 16.5. The number of rotatable bonds is 6. The molecule has 1 aromatic heterocycles. The number of ether oxygens (including phenoxy) is 1. The van der Waals surface area contributed by atoms with Gasteiger partial charge in [0.1, 0.15) is 0 Å². The molecular weight excluding hydrogens is 342 g/mol. The molecule has 0 aliphatic heterocycles. The second-order valence-corrected chi connectivity index (χ2v) is 6.60. The van der Waals surface area contributed by atoms with Crippen LogP contribution in [0.15, 0.2) is 42.5 Å². The molecule has 0 radical (unpaired) electrons. The van der Waals surface area contributed by atoms with Gasteiger partial charge in [-0.3, -0.25) is 4.79 Å². The fraction of sp³-hybridized carbons (Fsp3) is 0.300. The lowest BCUT2D eigenvalue weighted by Crippen LogP contribution is -2.35. The summed E-state index contributed by atoms with van der Waals surface area (Å²) in [5.41, 5.74) is 4.40. The summed E-state index contributed by atoms with van der Waals surface area (Å²) >= 11 is 0. The normalized spacial score (nSPS) is 12.0. The smallest absolute Gasteiger partial charge is 0.251 e. The van der Waals surface area contributed by atoms with Gasteiger partial charge in [0.2, 0.25) is 0 Å². The van der Waals surface area contributed by atoms with Crippen molar-refractivity contribution in [3.8, 4) is 16.8 Å². The van der Waals surface area contributed by atoms with Gasteiger partial charge in [-0.25, -0.2) is 0 Å². The Labute approximate surface area is 158 Å². The lowest BCUT2D eigenvalue weighted by Gasteiger charge is -2.15. The number of hydrogen-bond acceptors (Lipinski definition) is 5. The first kappa shape index (κ1) is 18.7. The second kappa shape index (κ2) is 8.09. The minimum absolute atomic E-state index is 0.0937. The van der Waals surface area contributed by atoms with Crippen molar-refractivity contribution in [3.05, 3.63) is 59.4 Å². The van der Waals surface area contributed by atoms with Crippen LogP contribution in [0, 0.1) is 13.8 Å². The van der Waals surface area contributed by atoms with E-state index in [4.69, 9.17) is 4.74 Å². The van der Waals surface area contributed by atoms with Crippen molar-refractivity contribution < 1.29 is 9.53 Å². The molecule has 0 fully saturated rings. The molecule has 2 aromatic carbocycles. The fourth-order valence-electron chi connectivity index (χ4n) is 2.85. The standard InChI is InChI=1S/C20H23N5O2/c1-13-5-7-16(8-6-13)17-9-18(20(26)21-14(2)12-27-4)11-19(10-17)25-15(3)22-23-24-25/h5-11,14H,12H2,1-4H3,(H,21,26)/t14-/m1/s1. The number of benzene rings is 2. The Morgan fingerprint density at radius 1 is 1.15 bits per heavy atom.